The van der Waals surface area contributed by atoms with Crippen LogP contribution in [-0.2, 0) is 11.3 Å². The summed E-state index contributed by atoms with van der Waals surface area (Å²) in [5.41, 5.74) is 4.20. The summed E-state index contributed by atoms with van der Waals surface area (Å²) in [6, 6.07) is 5.73. The van der Waals surface area contributed by atoms with Gasteiger partial charge in [0.15, 0.2) is 0 Å². The molecule has 3 aliphatic rings. The van der Waals surface area contributed by atoms with E-state index < -0.39 is 0 Å². The number of carbonyl (C=O) groups is 1. The van der Waals surface area contributed by atoms with E-state index >= 15 is 0 Å². The lowest BCUT2D eigenvalue weighted by molar-refractivity contribution is 0.0299. The van der Waals surface area contributed by atoms with E-state index in [0.717, 1.165) is 28.8 Å². The van der Waals surface area contributed by atoms with E-state index in [-0.39, 0.29) is 12.0 Å². The van der Waals surface area contributed by atoms with Gasteiger partial charge >= 0.3 is 0 Å². The quantitative estimate of drug-likeness (QED) is 0.780. The van der Waals surface area contributed by atoms with Crippen molar-refractivity contribution in [1.29, 1.82) is 0 Å². The molecule has 4 heterocycles. The maximum absolute atomic E-state index is 12.9. The smallest absolute Gasteiger partial charge is 0.272 e. The van der Waals surface area contributed by atoms with Crippen molar-refractivity contribution in [3.05, 3.63) is 53.0 Å². The average molecular weight is 406 g/mol. The molecule has 5 rings (SSSR count). The predicted octanol–water partition coefficient (Wildman–Crippen LogP) is 2.87. The van der Waals surface area contributed by atoms with Crippen LogP contribution in [0, 0.1) is 5.92 Å². The van der Waals surface area contributed by atoms with Crippen molar-refractivity contribution in [3.63, 3.8) is 0 Å². The molecular formula is C23H26N4O3. The van der Waals surface area contributed by atoms with Gasteiger partial charge in [0.1, 0.15) is 11.8 Å². The molecule has 1 saturated heterocycles. The third kappa shape index (κ3) is 3.58. The zero-order valence-electron chi connectivity index (χ0n) is 17.2. The summed E-state index contributed by atoms with van der Waals surface area (Å²) < 4.78 is 11.7. The second kappa shape index (κ2) is 8.14. The minimum atomic E-state index is -0.0681. The summed E-state index contributed by atoms with van der Waals surface area (Å²) in [7, 11) is 0. The Morgan fingerprint density at radius 2 is 2.00 bits per heavy atom. The first kappa shape index (κ1) is 19.2. The maximum atomic E-state index is 12.9. The van der Waals surface area contributed by atoms with E-state index in [1.165, 1.54) is 12.8 Å². The van der Waals surface area contributed by atoms with Crippen molar-refractivity contribution in [3.8, 4) is 5.88 Å². The van der Waals surface area contributed by atoms with Gasteiger partial charge < -0.3 is 14.4 Å². The number of aromatic nitrogens is 2. The number of fused-ring (bicyclic) bond motifs is 1. The lowest BCUT2D eigenvalue weighted by Gasteiger charge is -2.26. The zero-order chi connectivity index (χ0) is 20.5. The number of hydrogen-bond donors (Lipinski definition) is 0. The van der Waals surface area contributed by atoms with Crippen molar-refractivity contribution in [2.75, 3.05) is 26.3 Å². The highest BCUT2D eigenvalue weighted by Crippen LogP contribution is 2.34. The predicted molar refractivity (Wildman–Crippen MR) is 112 cm³/mol. The molecule has 156 valence electrons. The van der Waals surface area contributed by atoms with Crippen LogP contribution in [-0.4, -0.2) is 58.9 Å². The molecule has 2 atom stereocenters. The molecule has 1 saturated carbocycles. The Kier molecular flexibility index (Phi) is 5.21. The molecule has 0 spiro atoms. The van der Waals surface area contributed by atoms with Gasteiger partial charge in [0.2, 0.25) is 5.88 Å². The molecule has 2 aromatic heterocycles. The van der Waals surface area contributed by atoms with Crippen LogP contribution in [0.25, 0.3) is 0 Å². The largest absolute Gasteiger partial charge is 0.474 e. The van der Waals surface area contributed by atoms with Crippen molar-refractivity contribution in [1.82, 2.24) is 14.9 Å². The fourth-order valence-electron chi connectivity index (χ4n) is 4.49. The van der Waals surface area contributed by atoms with Crippen LogP contribution >= 0.6 is 0 Å². The average Bonchev–Trinajstić information content (AvgIpc) is 3.41. The van der Waals surface area contributed by atoms with Crippen LogP contribution in [0.5, 0.6) is 5.88 Å². The van der Waals surface area contributed by atoms with Gasteiger partial charge in [-0.1, -0.05) is 6.92 Å². The molecule has 2 aromatic rings. The van der Waals surface area contributed by atoms with Crippen molar-refractivity contribution in [2.24, 2.45) is 10.9 Å². The summed E-state index contributed by atoms with van der Waals surface area (Å²) in [5, 5.41) is 0. The number of amides is 1. The van der Waals surface area contributed by atoms with E-state index in [4.69, 9.17) is 14.5 Å². The highest BCUT2D eigenvalue weighted by Gasteiger charge is 2.30. The highest BCUT2D eigenvalue weighted by molar-refractivity contribution is 6.17. The molecule has 2 unspecified atom stereocenters. The molecule has 2 fully saturated rings. The van der Waals surface area contributed by atoms with Gasteiger partial charge in [0.05, 0.1) is 31.0 Å². The molecule has 2 aliphatic heterocycles. The van der Waals surface area contributed by atoms with Crippen molar-refractivity contribution in [2.45, 2.75) is 38.8 Å². The third-order valence-electron chi connectivity index (χ3n) is 6.24. The number of hydrogen-bond acceptors (Lipinski definition) is 6. The first-order valence-corrected chi connectivity index (χ1v) is 10.7. The summed E-state index contributed by atoms with van der Waals surface area (Å²) >= 11 is 0. The van der Waals surface area contributed by atoms with E-state index in [9.17, 15) is 4.79 Å². The van der Waals surface area contributed by atoms with Gasteiger partial charge in [-0.25, -0.2) is 4.98 Å². The topological polar surface area (TPSA) is 76.9 Å². The Morgan fingerprint density at radius 3 is 2.80 bits per heavy atom. The van der Waals surface area contributed by atoms with E-state index in [1.54, 1.807) is 17.3 Å². The molecule has 7 heteroatoms. The zero-order valence-corrected chi connectivity index (χ0v) is 17.2. The number of aliphatic imine (C=N–C) groups is 1. The molecule has 1 aliphatic carbocycles. The lowest BCUT2D eigenvalue weighted by Crippen LogP contribution is -2.41. The molecule has 0 N–H and O–H groups in total. The van der Waals surface area contributed by atoms with Gasteiger partial charge in [-0.05, 0) is 48.9 Å². The molecular weight excluding hydrogens is 380 g/mol. The normalized spacial score (nSPS) is 23.2. The van der Waals surface area contributed by atoms with Crippen molar-refractivity contribution < 1.29 is 14.3 Å². The summed E-state index contributed by atoms with van der Waals surface area (Å²) in [6.07, 6.45) is 7.12. The summed E-state index contributed by atoms with van der Waals surface area (Å²) in [5.74, 6) is 1.12. The molecule has 1 amide bonds. The van der Waals surface area contributed by atoms with Gasteiger partial charge in [0.25, 0.3) is 5.91 Å². The molecule has 0 aromatic carbocycles. The van der Waals surface area contributed by atoms with Gasteiger partial charge in [-0.2, -0.15) is 0 Å². The standard InChI is InChI=1S/C23H26N4O3/c1-15-3-2-4-19(15)30-22-20-17(6-8-25-22)14-26-21(20)16-5-7-24-18(13-16)23(28)27-9-11-29-12-10-27/h5-8,13,15,19H,2-4,9-12,14H2,1H3. The Balaban J connectivity index is 1.44. The molecule has 0 radical (unpaired) electrons. The highest BCUT2D eigenvalue weighted by atomic mass is 16.5. The number of carbonyl (C=O) groups excluding carboxylic acids is 1. The number of pyridine rings is 2. The minimum absolute atomic E-state index is 0.0681. The Hall–Kier alpha value is -2.80. The second-order valence-electron chi connectivity index (χ2n) is 8.21. The number of morpholine rings is 1. The van der Waals surface area contributed by atoms with Crippen LogP contribution in [0.15, 0.2) is 35.6 Å². The van der Waals surface area contributed by atoms with Crippen molar-refractivity contribution >= 4 is 11.6 Å². The lowest BCUT2D eigenvalue weighted by atomic mass is 10.0. The van der Waals surface area contributed by atoms with Crippen LogP contribution in [0.4, 0.5) is 0 Å². The first-order valence-electron chi connectivity index (χ1n) is 10.7. The second-order valence-corrected chi connectivity index (χ2v) is 8.21. The maximum Gasteiger partial charge on any atom is 0.272 e. The number of ether oxygens (including phenoxy) is 2. The monoisotopic (exact) mass is 406 g/mol. The number of rotatable bonds is 4. The van der Waals surface area contributed by atoms with Crippen LogP contribution in [0.3, 0.4) is 0 Å². The van der Waals surface area contributed by atoms with Gasteiger partial charge in [-0.15, -0.1) is 0 Å². The van der Waals surface area contributed by atoms with E-state index in [0.29, 0.717) is 50.3 Å². The van der Waals surface area contributed by atoms with Crippen LogP contribution < -0.4 is 4.74 Å². The fraction of sp³-hybridized carbons (Fsp3) is 0.478. The number of nitrogens with zero attached hydrogens (tertiary/aromatic N) is 4. The first-order chi connectivity index (χ1) is 14.7. The van der Waals surface area contributed by atoms with Gasteiger partial charge in [0, 0.05) is 31.0 Å². The Labute approximate surface area is 176 Å². The van der Waals surface area contributed by atoms with E-state index in [2.05, 4.69) is 16.9 Å². The van der Waals surface area contributed by atoms with Gasteiger partial charge in [-0.3, -0.25) is 14.8 Å². The summed E-state index contributed by atoms with van der Waals surface area (Å²) in [4.78, 5) is 28.3. The fourth-order valence-corrected chi connectivity index (χ4v) is 4.49. The van der Waals surface area contributed by atoms with E-state index in [1.807, 2.05) is 18.2 Å². The summed E-state index contributed by atoms with van der Waals surface area (Å²) in [6.45, 7) is 5.15. The molecule has 0 bridgehead atoms. The molecule has 30 heavy (non-hydrogen) atoms. The minimum Gasteiger partial charge on any atom is -0.474 e. The van der Waals surface area contributed by atoms with Crippen LogP contribution in [0.2, 0.25) is 0 Å². The SMILES string of the molecule is CC1CCCC1Oc1nccc2c1C(c1ccnc(C(=O)N3CCOCC3)c1)=NC2. The molecule has 7 nitrogen and oxygen atoms in total. The Morgan fingerprint density at radius 1 is 1.17 bits per heavy atom. The third-order valence-corrected chi connectivity index (χ3v) is 6.24. The van der Waals surface area contributed by atoms with Crippen LogP contribution in [0.1, 0.15) is 53.4 Å². The Bertz CT molecular complexity index is 984.